The van der Waals surface area contributed by atoms with Crippen LogP contribution < -0.4 is 0 Å². The largest absolute Gasteiger partial charge is 0.461 e. The number of benzene rings is 1. The van der Waals surface area contributed by atoms with E-state index < -0.39 is 9.76 Å². The molecule has 5 heteroatoms. The molecule has 0 saturated heterocycles. The maximum Gasteiger partial charge on any atom is 0.310 e. The van der Waals surface area contributed by atoms with Gasteiger partial charge in [-0.25, -0.2) is 0 Å². The van der Waals surface area contributed by atoms with Gasteiger partial charge in [0.05, 0.1) is 6.42 Å². The van der Waals surface area contributed by atoms with Crippen LogP contribution in [0.25, 0.3) is 0 Å². The van der Waals surface area contributed by atoms with Gasteiger partial charge in [-0.3, -0.25) is 4.79 Å². The zero-order valence-corrected chi connectivity index (χ0v) is 10.0. The van der Waals surface area contributed by atoms with Crippen molar-refractivity contribution in [3.8, 4) is 0 Å². The van der Waals surface area contributed by atoms with Crippen LogP contribution >= 0.6 is 34.8 Å². The molecule has 0 fully saturated rings. The van der Waals surface area contributed by atoms with Gasteiger partial charge >= 0.3 is 5.97 Å². The maximum atomic E-state index is 11.2. The van der Waals surface area contributed by atoms with Crippen molar-refractivity contribution in [3.05, 3.63) is 35.9 Å². The van der Waals surface area contributed by atoms with Crippen molar-refractivity contribution in [1.29, 1.82) is 0 Å². The molecule has 0 spiro atoms. The van der Waals surface area contributed by atoms with Gasteiger partial charge in [-0.2, -0.15) is 0 Å². The van der Waals surface area contributed by atoms with Crippen LogP contribution in [-0.4, -0.2) is 9.76 Å². The Morgan fingerprint density at radius 2 is 1.80 bits per heavy atom. The molecule has 0 bridgehead atoms. The third-order valence-electron chi connectivity index (χ3n) is 1.59. The van der Waals surface area contributed by atoms with E-state index in [-0.39, 0.29) is 13.0 Å². The van der Waals surface area contributed by atoms with Crippen LogP contribution in [0.2, 0.25) is 0 Å². The summed E-state index contributed by atoms with van der Waals surface area (Å²) in [6.07, 6.45) is -0.246. The van der Waals surface area contributed by atoms with E-state index in [0.717, 1.165) is 5.56 Å². The van der Waals surface area contributed by atoms with Crippen LogP contribution in [-0.2, 0) is 16.1 Å². The fraction of sp³-hybridized carbons (Fsp3) is 0.300. The lowest BCUT2D eigenvalue weighted by Crippen LogP contribution is -2.14. The van der Waals surface area contributed by atoms with Crippen molar-refractivity contribution >= 4 is 40.8 Å². The van der Waals surface area contributed by atoms with E-state index in [1.165, 1.54) is 0 Å². The van der Waals surface area contributed by atoms with Crippen LogP contribution in [0.5, 0.6) is 0 Å². The molecule has 0 radical (unpaired) electrons. The minimum absolute atomic E-state index is 0.195. The number of halogens is 3. The van der Waals surface area contributed by atoms with Crippen molar-refractivity contribution in [2.45, 2.75) is 16.8 Å². The van der Waals surface area contributed by atoms with Gasteiger partial charge in [0.1, 0.15) is 6.61 Å². The zero-order valence-electron chi connectivity index (χ0n) is 7.75. The van der Waals surface area contributed by atoms with Crippen LogP contribution in [0, 0.1) is 0 Å². The summed E-state index contributed by atoms with van der Waals surface area (Å²) < 4.78 is 3.32. The number of hydrogen-bond donors (Lipinski definition) is 0. The fourth-order valence-corrected chi connectivity index (χ4v) is 1.28. The average molecular weight is 268 g/mol. The van der Waals surface area contributed by atoms with E-state index in [0.29, 0.717) is 0 Å². The summed E-state index contributed by atoms with van der Waals surface area (Å²) in [5.74, 6) is -0.529. The number of carbonyl (C=O) groups excluding carboxylic acids is 1. The van der Waals surface area contributed by atoms with E-state index in [1.807, 2.05) is 30.3 Å². The first-order chi connectivity index (χ1) is 6.97. The molecule has 0 heterocycles. The van der Waals surface area contributed by atoms with Gasteiger partial charge in [-0.15, -0.1) is 0 Å². The van der Waals surface area contributed by atoms with Crippen LogP contribution in [0.15, 0.2) is 30.3 Å². The molecule has 1 rings (SSSR count). The molecule has 0 N–H and O–H groups in total. The molecule has 1 aromatic rings. The topological polar surface area (TPSA) is 26.3 Å². The SMILES string of the molecule is O=C(CC(Cl)(Cl)Cl)OCc1ccccc1. The first-order valence-electron chi connectivity index (χ1n) is 4.24. The number of esters is 1. The molecule has 0 aliphatic carbocycles. The summed E-state index contributed by atoms with van der Waals surface area (Å²) in [5.41, 5.74) is 0.898. The first kappa shape index (κ1) is 12.6. The average Bonchev–Trinajstić information content (AvgIpc) is 2.14. The Labute approximate surface area is 103 Å². The molecule has 0 aromatic heterocycles. The molecule has 1 aromatic carbocycles. The van der Waals surface area contributed by atoms with Gasteiger partial charge in [0.2, 0.25) is 3.79 Å². The first-order valence-corrected chi connectivity index (χ1v) is 5.37. The van der Waals surface area contributed by atoms with E-state index >= 15 is 0 Å². The second-order valence-corrected chi connectivity index (χ2v) is 5.45. The Balaban J connectivity index is 2.35. The highest BCUT2D eigenvalue weighted by Gasteiger charge is 2.24. The Kier molecular flexibility index (Phi) is 4.71. The van der Waals surface area contributed by atoms with Crippen molar-refractivity contribution < 1.29 is 9.53 Å². The molecule has 0 amide bonds. The normalized spacial score (nSPS) is 11.1. The second-order valence-electron chi connectivity index (χ2n) is 2.94. The van der Waals surface area contributed by atoms with E-state index in [2.05, 4.69) is 0 Å². The molecule has 0 saturated carbocycles. The lowest BCUT2D eigenvalue weighted by molar-refractivity contribution is -0.144. The zero-order chi connectivity index (χ0) is 11.3. The molecule has 0 aliphatic rings. The van der Waals surface area contributed by atoms with Gasteiger partial charge in [0, 0.05) is 0 Å². The summed E-state index contributed by atoms with van der Waals surface area (Å²) in [6, 6.07) is 9.30. The molecular weight excluding hydrogens is 258 g/mol. The predicted octanol–water partition coefficient (Wildman–Crippen LogP) is 3.49. The monoisotopic (exact) mass is 266 g/mol. The molecular formula is C10H9Cl3O2. The number of alkyl halides is 3. The third kappa shape index (κ3) is 5.88. The highest BCUT2D eigenvalue weighted by molar-refractivity contribution is 6.68. The van der Waals surface area contributed by atoms with Gasteiger partial charge in [-0.05, 0) is 5.56 Å². The highest BCUT2D eigenvalue weighted by atomic mass is 35.6. The molecule has 0 atom stereocenters. The highest BCUT2D eigenvalue weighted by Crippen LogP contribution is 2.30. The maximum absolute atomic E-state index is 11.2. The van der Waals surface area contributed by atoms with E-state index in [9.17, 15) is 4.79 Å². The number of hydrogen-bond acceptors (Lipinski definition) is 2. The van der Waals surface area contributed by atoms with E-state index in [4.69, 9.17) is 39.5 Å². The lowest BCUT2D eigenvalue weighted by Gasteiger charge is -2.10. The molecule has 0 unspecified atom stereocenters. The minimum atomic E-state index is -1.59. The van der Waals surface area contributed by atoms with Gasteiger partial charge in [0.25, 0.3) is 0 Å². The van der Waals surface area contributed by atoms with Crippen molar-refractivity contribution in [1.82, 2.24) is 0 Å². The Bertz CT molecular complexity index is 319. The summed E-state index contributed by atoms with van der Waals surface area (Å²) in [7, 11) is 0. The Morgan fingerprint density at radius 3 is 2.33 bits per heavy atom. The molecule has 82 valence electrons. The summed E-state index contributed by atoms with van der Waals surface area (Å²) in [5, 5.41) is 0. The Morgan fingerprint density at radius 1 is 1.20 bits per heavy atom. The quantitative estimate of drug-likeness (QED) is 0.619. The van der Waals surface area contributed by atoms with Crippen LogP contribution in [0.1, 0.15) is 12.0 Å². The minimum Gasteiger partial charge on any atom is -0.461 e. The Hall–Kier alpha value is -0.440. The van der Waals surface area contributed by atoms with Gasteiger partial charge in [-0.1, -0.05) is 65.1 Å². The van der Waals surface area contributed by atoms with Gasteiger partial charge in [0.15, 0.2) is 0 Å². The fourth-order valence-electron chi connectivity index (χ4n) is 0.953. The number of rotatable bonds is 3. The molecule has 0 aliphatic heterocycles. The third-order valence-corrected chi connectivity index (χ3v) is 1.99. The standard InChI is InChI=1S/C10H9Cl3O2/c11-10(12,13)6-9(14)15-7-8-4-2-1-3-5-8/h1-5H,6-7H2. The van der Waals surface area contributed by atoms with E-state index in [1.54, 1.807) is 0 Å². The summed E-state index contributed by atoms with van der Waals surface area (Å²) in [6.45, 7) is 0.195. The van der Waals surface area contributed by atoms with Crippen molar-refractivity contribution in [2.24, 2.45) is 0 Å². The smallest absolute Gasteiger partial charge is 0.310 e. The van der Waals surface area contributed by atoms with Crippen molar-refractivity contribution in [3.63, 3.8) is 0 Å². The predicted molar refractivity (Wildman–Crippen MR) is 61.1 cm³/mol. The van der Waals surface area contributed by atoms with Crippen LogP contribution in [0.4, 0.5) is 0 Å². The number of carbonyl (C=O) groups is 1. The summed E-state index contributed by atoms with van der Waals surface area (Å²) >= 11 is 16.3. The molecule has 15 heavy (non-hydrogen) atoms. The second kappa shape index (κ2) is 5.59. The van der Waals surface area contributed by atoms with Gasteiger partial charge < -0.3 is 4.74 Å². The molecule has 2 nitrogen and oxygen atoms in total. The summed E-state index contributed by atoms with van der Waals surface area (Å²) in [4.78, 5) is 11.2. The van der Waals surface area contributed by atoms with Crippen LogP contribution in [0.3, 0.4) is 0 Å². The number of ether oxygens (including phenoxy) is 1. The van der Waals surface area contributed by atoms with Crippen molar-refractivity contribution in [2.75, 3.05) is 0 Å². The lowest BCUT2D eigenvalue weighted by atomic mass is 10.2.